The van der Waals surface area contributed by atoms with E-state index in [1.807, 2.05) is 24.3 Å². The number of fused-ring (bicyclic) bond motifs is 3. The number of aromatic nitrogens is 4. The predicted octanol–water partition coefficient (Wildman–Crippen LogP) is 11.3. The molecule has 0 atom stereocenters. The number of hydrogen-bond donors (Lipinski definition) is 0. The molecule has 0 unspecified atom stereocenters. The molecule has 0 radical (unpaired) electrons. The van der Waals surface area contributed by atoms with Crippen LogP contribution >= 0.6 is 0 Å². The molecule has 9 rings (SSSR count). The maximum atomic E-state index is 5.25. The van der Waals surface area contributed by atoms with Gasteiger partial charge in [0.2, 0.25) is 5.95 Å². The molecule has 9 aromatic rings. The molecule has 4 nitrogen and oxygen atoms in total. The van der Waals surface area contributed by atoms with Gasteiger partial charge in [0.05, 0.1) is 11.0 Å². The van der Waals surface area contributed by atoms with Gasteiger partial charge in [0.15, 0.2) is 11.6 Å². The quantitative estimate of drug-likeness (QED) is 0.184. The van der Waals surface area contributed by atoms with Gasteiger partial charge in [-0.25, -0.2) is 4.98 Å². The molecule has 0 saturated carbocycles. The number of hydrogen-bond acceptors (Lipinski definition) is 3. The van der Waals surface area contributed by atoms with Gasteiger partial charge in [0.25, 0.3) is 0 Å². The van der Waals surface area contributed by atoms with Crippen molar-refractivity contribution < 1.29 is 0 Å². The fraction of sp³-hybridized carbons (Fsp3) is 0. The van der Waals surface area contributed by atoms with Crippen LogP contribution in [0.15, 0.2) is 182 Å². The van der Waals surface area contributed by atoms with Crippen LogP contribution in [0.25, 0.3) is 83.9 Å². The number of nitrogens with zero attached hydrogens (tertiary/aromatic N) is 4. The van der Waals surface area contributed by atoms with Gasteiger partial charge in [0, 0.05) is 21.9 Å². The Balaban J connectivity index is 1.29. The first kappa shape index (κ1) is 28.6. The first-order chi connectivity index (χ1) is 24.3. The van der Waals surface area contributed by atoms with Crippen LogP contribution in [0.2, 0.25) is 0 Å². The average molecular weight is 627 g/mol. The van der Waals surface area contributed by atoms with Crippen molar-refractivity contribution >= 4 is 21.8 Å². The maximum Gasteiger partial charge on any atom is 0.238 e. The highest BCUT2D eigenvalue weighted by Gasteiger charge is 2.18. The average Bonchev–Trinajstić information content (AvgIpc) is 3.53. The van der Waals surface area contributed by atoms with Crippen LogP contribution in [0.4, 0.5) is 0 Å². The van der Waals surface area contributed by atoms with Crippen LogP contribution in [0.3, 0.4) is 0 Å². The third kappa shape index (κ3) is 5.35. The van der Waals surface area contributed by atoms with Gasteiger partial charge in [-0.15, -0.1) is 0 Å². The third-order valence-corrected chi connectivity index (χ3v) is 9.04. The van der Waals surface area contributed by atoms with Crippen LogP contribution in [0.5, 0.6) is 0 Å². The van der Waals surface area contributed by atoms with E-state index < -0.39 is 0 Å². The van der Waals surface area contributed by atoms with Crippen LogP contribution in [-0.2, 0) is 0 Å². The Labute approximate surface area is 284 Å². The van der Waals surface area contributed by atoms with Gasteiger partial charge in [-0.05, 0) is 69.8 Å². The van der Waals surface area contributed by atoms with Crippen molar-refractivity contribution in [2.75, 3.05) is 0 Å². The molecule has 7 aromatic carbocycles. The molecular formula is C45H30N4. The van der Waals surface area contributed by atoms with E-state index in [9.17, 15) is 0 Å². The predicted molar refractivity (Wildman–Crippen MR) is 201 cm³/mol. The van der Waals surface area contributed by atoms with Crippen molar-refractivity contribution in [3.8, 4) is 62.1 Å². The second-order valence-corrected chi connectivity index (χ2v) is 12.1. The smallest absolute Gasteiger partial charge is 0.238 e. The molecule has 0 bridgehead atoms. The molecule has 4 heteroatoms. The molecule has 230 valence electrons. The molecule has 0 fully saturated rings. The van der Waals surface area contributed by atoms with Crippen LogP contribution in [0, 0.1) is 0 Å². The highest BCUT2D eigenvalue weighted by atomic mass is 15.2. The second-order valence-electron chi connectivity index (χ2n) is 12.1. The minimum Gasteiger partial charge on any atom is -0.278 e. The standard InChI is InChI=1S/C45H30N4/c1-4-15-31(16-5-1)34-21-14-22-35(27-34)37-28-36(32-17-6-2-7-18-32)29-38(30-37)44-46-43(33-19-8-3-9-20-33)47-45(48-44)49-41-25-12-10-23-39(41)40-24-11-13-26-42(40)49/h1-30H. The fourth-order valence-electron chi connectivity index (χ4n) is 6.68. The largest absolute Gasteiger partial charge is 0.278 e. The molecular weight excluding hydrogens is 597 g/mol. The zero-order chi connectivity index (χ0) is 32.6. The molecule has 2 aromatic heterocycles. The SMILES string of the molecule is c1ccc(-c2cccc(-c3cc(-c4ccccc4)cc(-c4nc(-c5ccccc5)nc(-n5c6ccccc6c6ccccc65)n4)c3)c2)cc1. The highest BCUT2D eigenvalue weighted by Crippen LogP contribution is 2.36. The zero-order valence-corrected chi connectivity index (χ0v) is 26.6. The molecule has 0 amide bonds. The normalized spacial score (nSPS) is 11.3. The van der Waals surface area contributed by atoms with Crippen molar-refractivity contribution in [3.05, 3.63) is 182 Å². The summed E-state index contributed by atoms with van der Waals surface area (Å²) in [6.07, 6.45) is 0. The zero-order valence-electron chi connectivity index (χ0n) is 26.6. The van der Waals surface area contributed by atoms with Gasteiger partial charge < -0.3 is 0 Å². The van der Waals surface area contributed by atoms with Crippen LogP contribution < -0.4 is 0 Å². The maximum absolute atomic E-state index is 5.25. The van der Waals surface area contributed by atoms with Gasteiger partial charge >= 0.3 is 0 Å². The van der Waals surface area contributed by atoms with Crippen molar-refractivity contribution in [3.63, 3.8) is 0 Å². The summed E-state index contributed by atoms with van der Waals surface area (Å²) in [7, 11) is 0. The van der Waals surface area contributed by atoms with Crippen LogP contribution in [-0.4, -0.2) is 19.5 Å². The first-order valence-electron chi connectivity index (χ1n) is 16.5. The van der Waals surface area contributed by atoms with E-state index in [2.05, 4.69) is 162 Å². The Morgan fingerprint density at radius 3 is 1.27 bits per heavy atom. The van der Waals surface area contributed by atoms with Gasteiger partial charge in [-0.3, -0.25) is 4.57 Å². The summed E-state index contributed by atoms with van der Waals surface area (Å²) in [6, 6.07) is 63.4. The van der Waals surface area contributed by atoms with E-state index in [0.717, 1.165) is 55.2 Å². The van der Waals surface area contributed by atoms with E-state index >= 15 is 0 Å². The van der Waals surface area contributed by atoms with E-state index in [1.165, 1.54) is 11.1 Å². The summed E-state index contributed by atoms with van der Waals surface area (Å²) < 4.78 is 2.16. The van der Waals surface area contributed by atoms with Crippen molar-refractivity contribution in [2.24, 2.45) is 0 Å². The van der Waals surface area contributed by atoms with Gasteiger partial charge in [0.1, 0.15) is 0 Å². The van der Waals surface area contributed by atoms with Gasteiger partial charge in [-0.2, -0.15) is 9.97 Å². The van der Waals surface area contributed by atoms with Crippen molar-refractivity contribution in [1.82, 2.24) is 19.5 Å². The number of rotatable bonds is 6. The summed E-state index contributed by atoms with van der Waals surface area (Å²) >= 11 is 0. The minimum atomic E-state index is 0.582. The molecule has 0 aliphatic carbocycles. The lowest BCUT2D eigenvalue weighted by molar-refractivity contribution is 0.953. The number of benzene rings is 7. The van der Waals surface area contributed by atoms with Crippen LogP contribution in [0.1, 0.15) is 0 Å². The van der Waals surface area contributed by atoms with Crippen molar-refractivity contribution in [2.45, 2.75) is 0 Å². The monoisotopic (exact) mass is 626 g/mol. The lowest BCUT2D eigenvalue weighted by Crippen LogP contribution is -2.06. The number of para-hydroxylation sites is 2. The Bertz CT molecular complexity index is 2540. The molecule has 0 aliphatic rings. The summed E-state index contributed by atoms with van der Waals surface area (Å²) in [5.74, 6) is 1.82. The summed E-state index contributed by atoms with van der Waals surface area (Å²) in [5, 5.41) is 2.32. The molecule has 0 aliphatic heterocycles. The lowest BCUT2D eigenvalue weighted by atomic mass is 9.94. The summed E-state index contributed by atoms with van der Waals surface area (Å²) in [5.41, 5.74) is 10.8. The summed E-state index contributed by atoms with van der Waals surface area (Å²) in [6.45, 7) is 0. The topological polar surface area (TPSA) is 43.6 Å². The molecule has 2 heterocycles. The minimum absolute atomic E-state index is 0.582. The van der Waals surface area contributed by atoms with E-state index in [-0.39, 0.29) is 0 Å². The van der Waals surface area contributed by atoms with E-state index in [4.69, 9.17) is 15.0 Å². The van der Waals surface area contributed by atoms with Crippen molar-refractivity contribution in [1.29, 1.82) is 0 Å². The molecule has 0 N–H and O–H groups in total. The second kappa shape index (κ2) is 12.2. The van der Waals surface area contributed by atoms with E-state index in [0.29, 0.717) is 17.6 Å². The Morgan fingerprint density at radius 1 is 0.286 bits per heavy atom. The molecule has 0 saturated heterocycles. The first-order valence-corrected chi connectivity index (χ1v) is 16.5. The molecule has 0 spiro atoms. The van der Waals surface area contributed by atoms with Gasteiger partial charge in [-0.1, -0.05) is 146 Å². The summed E-state index contributed by atoms with van der Waals surface area (Å²) in [4.78, 5) is 15.5. The van der Waals surface area contributed by atoms with E-state index in [1.54, 1.807) is 0 Å². The Morgan fingerprint density at radius 2 is 0.673 bits per heavy atom. The fourth-order valence-corrected chi connectivity index (χ4v) is 6.68. The third-order valence-electron chi connectivity index (χ3n) is 9.04. The Hall–Kier alpha value is -6.65. The Kier molecular flexibility index (Phi) is 7.10. The highest BCUT2D eigenvalue weighted by molar-refractivity contribution is 6.09. The lowest BCUT2D eigenvalue weighted by Gasteiger charge is -2.14. The molecule has 49 heavy (non-hydrogen) atoms.